The first-order valence-electron chi connectivity index (χ1n) is 20.5. The van der Waals surface area contributed by atoms with Crippen LogP contribution in [0.3, 0.4) is 0 Å². The van der Waals surface area contributed by atoms with Gasteiger partial charge < -0.3 is 0 Å². The van der Waals surface area contributed by atoms with Crippen molar-refractivity contribution in [2.45, 2.75) is 6.42 Å². The van der Waals surface area contributed by atoms with Crippen molar-refractivity contribution in [3.05, 3.63) is 193 Å². The van der Waals surface area contributed by atoms with Gasteiger partial charge in [0.25, 0.3) is 0 Å². The lowest BCUT2D eigenvalue weighted by Crippen LogP contribution is -1.96. The summed E-state index contributed by atoms with van der Waals surface area (Å²) in [7, 11) is 0. The van der Waals surface area contributed by atoms with Crippen molar-refractivity contribution < 1.29 is 11.0 Å². The highest BCUT2D eigenvalue weighted by Gasteiger charge is 2.17. The molecule has 0 spiro atoms. The van der Waals surface area contributed by atoms with E-state index in [1.54, 1.807) is 0 Å². The number of fused-ring (bicyclic) bond motifs is 7. The maximum atomic E-state index is 9.41. The predicted molar refractivity (Wildman–Crippen MR) is 212 cm³/mol. The molecule has 0 amide bonds. The summed E-state index contributed by atoms with van der Waals surface area (Å²) in [5.41, 5.74) is 4.04. The fraction of sp³-hybridized carbons (Fsp3) is 0.0204. The quantitative estimate of drug-likeness (QED) is 0.134. The minimum absolute atomic E-state index is 0.158. The Balaban J connectivity index is 1.30. The van der Waals surface area contributed by atoms with Gasteiger partial charge in [0.15, 0.2) is 0 Å². The van der Waals surface area contributed by atoms with Crippen LogP contribution in [-0.4, -0.2) is 0 Å². The molecule has 0 N–H and O–H groups in total. The maximum Gasteiger partial charge on any atom is 0.0629 e. The molecular weight excluding hydrogens is 589 g/mol. The van der Waals surface area contributed by atoms with E-state index in [1.807, 2.05) is 66.7 Å². The lowest BCUT2D eigenvalue weighted by atomic mass is 9.85. The van der Waals surface area contributed by atoms with Gasteiger partial charge in [-0.1, -0.05) is 158 Å². The average Bonchev–Trinajstić information content (AvgIpc) is 3.24. The van der Waals surface area contributed by atoms with Gasteiger partial charge in [-0.3, -0.25) is 0 Å². The van der Waals surface area contributed by atoms with Gasteiger partial charge >= 0.3 is 0 Å². The summed E-state index contributed by atoms with van der Waals surface area (Å²) in [5, 5.41) is 9.51. The van der Waals surface area contributed by atoms with Gasteiger partial charge in [-0.2, -0.15) is 0 Å². The molecule has 0 radical (unpaired) electrons. The molecule has 0 unspecified atom stereocenters. The Morgan fingerprint density at radius 1 is 0.347 bits per heavy atom. The molecular formula is C49H32. The average molecular weight is 629 g/mol. The summed E-state index contributed by atoms with van der Waals surface area (Å²) in [5.74, 6) is 0. The lowest BCUT2D eigenvalue weighted by molar-refractivity contribution is 1.26. The zero-order valence-electron chi connectivity index (χ0n) is 34.4. The van der Waals surface area contributed by atoms with Gasteiger partial charge in [-0.15, -0.1) is 0 Å². The van der Waals surface area contributed by atoms with Crippen LogP contribution in [0.5, 0.6) is 0 Å². The second-order valence-electron chi connectivity index (χ2n) is 12.7. The lowest BCUT2D eigenvalue weighted by Gasteiger charge is -2.19. The molecule has 0 saturated carbocycles. The minimum atomic E-state index is -0.408. The number of hydrogen-bond acceptors (Lipinski definition) is 0. The van der Waals surface area contributed by atoms with Crippen molar-refractivity contribution in [1.29, 1.82) is 0 Å². The van der Waals surface area contributed by atoms with Crippen LogP contribution in [0.15, 0.2) is 182 Å². The van der Waals surface area contributed by atoms with E-state index in [1.165, 1.54) is 0 Å². The molecule has 0 bridgehead atoms. The van der Waals surface area contributed by atoms with E-state index >= 15 is 0 Å². The van der Waals surface area contributed by atoms with Crippen LogP contribution in [-0.2, 0) is 6.42 Å². The zero-order chi connectivity index (χ0) is 39.3. The van der Waals surface area contributed by atoms with Crippen LogP contribution in [0.4, 0.5) is 0 Å². The SMILES string of the molecule is [2H]c1c([2H])c([2H])c2c(-c3cccc(-c4ccc5ccccc5c4)c3)c3c([2H])c([2H])c([2H])c([2H])c3c(Cc3cccc4c3ccc3cc5ccccc5cc34)c2c1[2H]. The van der Waals surface area contributed by atoms with Crippen molar-refractivity contribution in [2.75, 3.05) is 0 Å². The second kappa shape index (κ2) is 11.2. The predicted octanol–water partition coefficient (Wildman–Crippen LogP) is 13.5. The number of benzene rings is 10. The fourth-order valence-corrected chi connectivity index (χ4v) is 7.58. The standard InChI is InChI=1S/C49H32/c1-2-12-33-27-37(24-23-32(33)11-1)35-15-9-17-40(29-35)49-45-20-7-5-18-43(45)48(44-19-6-8-21-46(44)49)31-38-16-10-22-42-41(38)26-25-39-28-34-13-3-4-14-36(34)30-47(39)42/h1-30H,31H2/i5D,6D,7D,8D,18D,19D,20D,21D. The summed E-state index contributed by atoms with van der Waals surface area (Å²) in [6.07, 6.45) is 0.158. The Morgan fingerprint density at radius 2 is 0.939 bits per heavy atom. The Hall–Kier alpha value is -6.24. The van der Waals surface area contributed by atoms with Crippen LogP contribution in [0.2, 0.25) is 0 Å². The summed E-state index contributed by atoms with van der Waals surface area (Å²) in [6.45, 7) is 0. The molecule has 10 aromatic rings. The molecule has 0 aliphatic carbocycles. The van der Waals surface area contributed by atoms with E-state index in [4.69, 9.17) is 5.48 Å². The van der Waals surface area contributed by atoms with E-state index in [0.29, 0.717) is 16.7 Å². The van der Waals surface area contributed by atoms with E-state index < -0.39 is 24.2 Å². The van der Waals surface area contributed by atoms with Crippen molar-refractivity contribution in [3.8, 4) is 22.3 Å². The highest BCUT2D eigenvalue weighted by Crippen LogP contribution is 2.42. The first-order valence-corrected chi connectivity index (χ1v) is 16.5. The highest BCUT2D eigenvalue weighted by atomic mass is 14.2. The van der Waals surface area contributed by atoms with E-state index in [2.05, 4.69) is 66.7 Å². The fourth-order valence-electron chi connectivity index (χ4n) is 7.58. The molecule has 0 aliphatic rings. The normalized spacial score (nSPS) is 14.0. The molecule has 0 aromatic heterocycles. The van der Waals surface area contributed by atoms with Crippen molar-refractivity contribution in [1.82, 2.24) is 0 Å². The number of rotatable bonds is 4. The third-order valence-electron chi connectivity index (χ3n) is 9.91. The smallest absolute Gasteiger partial charge is 0.0616 e. The van der Waals surface area contributed by atoms with Crippen LogP contribution in [0.1, 0.15) is 22.1 Å². The monoisotopic (exact) mass is 628 g/mol. The van der Waals surface area contributed by atoms with Crippen LogP contribution in [0.25, 0.3) is 86.9 Å². The van der Waals surface area contributed by atoms with Crippen LogP contribution in [0, 0.1) is 0 Å². The van der Waals surface area contributed by atoms with E-state index in [-0.39, 0.29) is 52.1 Å². The van der Waals surface area contributed by atoms with Gasteiger partial charge in [0.1, 0.15) is 0 Å². The molecule has 0 fully saturated rings. The zero-order valence-corrected chi connectivity index (χ0v) is 26.4. The molecule has 10 rings (SSSR count). The summed E-state index contributed by atoms with van der Waals surface area (Å²) in [6, 6.07) is 42.1. The molecule has 49 heavy (non-hydrogen) atoms. The largest absolute Gasteiger partial charge is 0.0629 e. The van der Waals surface area contributed by atoms with E-state index in [9.17, 15) is 5.48 Å². The molecule has 0 nitrogen and oxygen atoms in total. The second-order valence-corrected chi connectivity index (χ2v) is 12.7. The Kier molecular flexibility index (Phi) is 4.77. The van der Waals surface area contributed by atoms with Gasteiger partial charge in [0.05, 0.1) is 11.0 Å². The maximum absolute atomic E-state index is 9.41. The molecule has 228 valence electrons. The molecule has 10 aromatic carbocycles. The first-order chi connectivity index (χ1) is 27.6. The van der Waals surface area contributed by atoms with Crippen LogP contribution >= 0.6 is 0 Å². The Bertz CT molecular complexity index is 3290. The first kappa shape index (κ1) is 20.9. The molecule has 0 heteroatoms. The minimum Gasteiger partial charge on any atom is -0.0616 e. The van der Waals surface area contributed by atoms with Crippen molar-refractivity contribution in [3.63, 3.8) is 0 Å². The van der Waals surface area contributed by atoms with Gasteiger partial charge in [-0.05, 0) is 129 Å². The Labute approximate surface area is 296 Å². The third kappa shape index (κ3) is 4.60. The third-order valence-corrected chi connectivity index (χ3v) is 9.91. The van der Waals surface area contributed by atoms with Crippen LogP contribution < -0.4 is 0 Å². The molecule has 0 aliphatic heterocycles. The van der Waals surface area contributed by atoms with Crippen molar-refractivity contribution in [2.24, 2.45) is 0 Å². The summed E-state index contributed by atoms with van der Waals surface area (Å²) < 4.78 is 73.0. The van der Waals surface area contributed by atoms with Gasteiger partial charge in [0, 0.05) is 0 Å². The van der Waals surface area contributed by atoms with Gasteiger partial charge in [-0.25, -0.2) is 0 Å². The summed E-state index contributed by atoms with van der Waals surface area (Å²) in [4.78, 5) is 0. The highest BCUT2D eigenvalue weighted by molar-refractivity contribution is 6.16. The topological polar surface area (TPSA) is 0 Å². The Morgan fingerprint density at radius 3 is 1.69 bits per heavy atom. The summed E-state index contributed by atoms with van der Waals surface area (Å²) >= 11 is 0. The van der Waals surface area contributed by atoms with E-state index in [0.717, 1.165) is 59.8 Å². The molecule has 0 atom stereocenters. The number of hydrogen-bond donors (Lipinski definition) is 0. The van der Waals surface area contributed by atoms with Crippen molar-refractivity contribution >= 4 is 64.6 Å². The molecule has 0 saturated heterocycles. The van der Waals surface area contributed by atoms with Gasteiger partial charge in [0.2, 0.25) is 0 Å². The molecule has 0 heterocycles.